The van der Waals surface area contributed by atoms with Crippen molar-refractivity contribution < 1.29 is 4.39 Å². The second-order valence-corrected chi connectivity index (χ2v) is 4.58. The van der Waals surface area contributed by atoms with Crippen LogP contribution in [0.4, 0.5) is 4.39 Å². The van der Waals surface area contributed by atoms with Crippen LogP contribution in [-0.4, -0.2) is 0 Å². The van der Waals surface area contributed by atoms with Crippen LogP contribution in [0.5, 0.6) is 0 Å². The van der Waals surface area contributed by atoms with E-state index in [0.717, 1.165) is 12.0 Å². The molecule has 1 aromatic carbocycles. The predicted octanol–water partition coefficient (Wildman–Crippen LogP) is 4.31. The van der Waals surface area contributed by atoms with Crippen LogP contribution in [0.2, 0.25) is 5.02 Å². The van der Waals surface area contributed by atoms with Crippen molar-refractivity contribution in [2.75, 3.05) is 0 Å². The van der Waals surface area contributed by atoms with E-state index >= 15 is 0 Å². The Kier molecular flexibility index (Phi) is 3.94. The second kappa shape index (κ2) is 4.79. The van der Waals surface area contributed by atoms with E-state index in [1.807, 2.05) is 0 Å². The maximum Gasteiger partial charge on any atom is 0.141 e. The topological polar surface area (TPSA) is 0 Å². The van der Waals surface area contributed by atoms with Crippen LogP contribution >= 0.6 is 11.6 Å². The van der Waals surface area contributed by atoms with Gasteiger partial charge in [-0.05, 0) is 36.0 Å². The van der Waals surface area contributed by atoms with Gasteiger partial charge in [0.25, 0.3) is 0 Å². The van der Waals surface area contributed by atoms with Crippen LogP contribution in [-0.2, 0) is 6.42 Å². The van der Waals surface area contributed by atoms with Gasteiger partial charge in [-0.2, -0.15) is 0 Å². The first kappa shape index (κ1) is 11.5. The summed E-state index contributed by atoms with van der Waals surface area (Å²) in [5, 5.41) is 0.221. The van der Waals surface area contributed by atoms with Crippen LogP contribution < -0.4 is 0 Å². The fourth-order valence-corrected chi connectivity index (χ4v) is 1.48. The van der Waals surface area contributed by atoms with Crippen LogP contribution in [0.1, 0.15) is 26.3 Å². The van der Waals surface area contributed by atoms with Crippen LogP contribution in [0, 0.1) is 17.7 Å². The second-order valence-electron chi connectivity index (χ2n) is 4.17. The molecule has 0 aliphatic rings. The third-order valence-corrected chi connectivity index (χ3v) is 2.97. The molecule has 0 bridgehead atoms. The Morgan fingerprint density at radius 2 is 1.93 bits per heavy atom. The minimum absolute atomic E-state index is 0.221. The van der Waals surface area contributed by atoms with E-state index in [2.05, 4.69) is 20.8 Å². The lowest BCUT2D eigenvalue weighted by Crippen LogP contribution is -2.07. The molecule has 0 saturated heterocycles. The van der Waals surface area contributed by atoms with Crippen molar-refractivity contribution in [1.29, 1.82) is 0 Å². The monoisotopic (exact) mass is 214 g/mol. The number of hydrogen-bond acceptors (Lipinski definition) is 0. The number of hydrogen-bond donors (Lipinski definition) is 0. The largest absolute Gasteiger partial charge is 0.205 e. The lowest BCUT2D eigenvalue weighted by molar-refractivity contribution is 0.417. The zero-order valence-corrected chi connectivity index (χ0v) is 9.61. The molecule has 1 atom stereocenters. The highest BCUT2D eigenvalue weighted by Crippen LogP contribution is 2.21. The van der Waals surface area contributed by atoms with E-state index in [9.17, 15) is 4.39 Å². The normalized spacial score (nSPS) is 13.3. The fraction of sp³-hybridized carbons (Fsp3) is 0.500. The van der Waals surface area contributed by atoms with Crippen molar-refractivity contribution in [2.45, 2.75) is 27.2 Å². The summed E-state index contributed by atoms with van der Waals surface area (Å²) in [6.07, 6.45) is 0.956. The zero-order chi connectivity index (χ0) is 10.7. The summed E-state index contributed by atoms with van der Waals surface area (Å²) in [5.41, 5.74) is 1.11. The molecule has 14 heavy (non-hydrogen) atoms. The SMILES string of the molecule is CC(C)C(C)Cc1ccc(F)c(Cl)c1. The molecular weight excluding hydrogens is 199 g/mol. The molecule has 2 heteroatoms. The summed E-state index contributed by atoms with van der Waals surface area (Å²) < 4.78 is 12.9. The lowest BCUT2D eigenvalue weighted by atomic mass is 9.91. The molecule has 1 aromatic rings. The number of rotatable bonds is 3. The van der Waals surface area contributed by atoms with Crippen molar-refractivity contribution in [3.8, 4) is 0 Å². The highest BCUT2D eigenvalue weighted by molar-refractivity contribution is 6.30. The lowest BCUT2D eigenvalue weighted by Gasteiger charge is -2.15. The molecule has 0 aliphatic carbocycles. The van der Waals surface area contributed by atoms with Gasteiger partial charge in [0.05, 0.1) is 5.02 Å². The van der Waals surface area contributed by atoms with E-state index in [1.165, 1.54) is 6.07 Å². The standard InChI is InChI=1S/C12H16ClF/c1-8(2)9(3)6-10-4-5-12(14)11(13)7-10/h4-5,7-9H,6H2,1-3H3. The smallest absolute Gasteiger partial charge is 0.141 e. The Balaban J connectivity index is 2.73. The molecule has 1 unspecified atom stereocenters. The van der Waals surface area contributed by atoms with Crippen LogP contribution in [0.15, 0.2) is 18.2 Å². The summed E-state index contributed by atoms with van der Waals surface area (Å²) >= 11 is 5.70. The van der Waals surface area contributed by atoms with E-state index in [4.69, 9.17) is 11.6 Å². The van der Waals surface area contributed by atoms with Crippen LogP contribution in [0.3, 0.4) is 0 Å². The highest BCUT2D eigenvalue weighted by atomic mass is 35.5. The molecule has 0 aromatic heterocycles. The Labute approximate surface area is 90.1 Å². The minimum atomic E-state index is -0.340. The maximum atomic E-state index is 12.9. The first-order chi connectivity index (χ1) is 6.50. The van der Waals surface area contributed by atoms with Gasteiger partial charge in [0.15, 0.2) is 0 Å². The average molecular weight is 215 g/mol. The molecule has 0 fully saturated rings. The van der Waals surface area contributed by atoms with Gasteiger partial charge in [-0.15, -0.1) is 0 Å². The summed E-state index contributed by atoms with van der Waals surface area (Å²) in [6, 6.07) is 4.96. The minimum Gasteiger partial charge on any atom is -0.205 e. The predicted molar refractivity (Wildman–Crippen MR) is 59.1 cm³/mol. The van der Waals surface area contributed by atoms with Crippen LogP contribution in [0.25, 0.3) is 0 Å². The highest BCUT2D eigenvalue weighted by Gasteiger charge is 2.09. The summed E-state index contributed by atoms with van der Waals surface area (Å²) in [4.78, 5) is 0. The van der Waals surface area contributed by atoms with E-state index in [1.54, 1.807) is 12.1 Å². The van der Waals surface area contributed by atoms with Gasteiger partial charge in [0, 0.05) is 0 Å². The third kappa shape index (κ3) is 2.98. The molecule has 0 nitrogen and oxygen atoms in total. The fourth-order valence-electron chi connectivity index (χ4n) is 1.27. The summed E-state index contributed by atoms with van der Waals surface area (Å²) in [7, 11) is 0. The molecule has 1 rings (SSSR count). The van der Waals surface area contributed by atoms with E-state index in [-0.39, 0.29) is 10.8 Å². The quantitative estimate of drug-likeness (QED) is 0.703. The Morgan fingerprint density at radius 3 is 2.43 bits per heavy atom. The molecule has 0 radical (unpaired) electrons. The molecule has 78 valence electrons. The summed E-state index contributed by atoms with van der Waals surface area (Å²) in [5.74, 6) is 0.892. The number of benzene rings is 1. The van der Waals surface area contributed by atoms with Gasteiger partial charge < -0.3 is 0 Å². The summed E-state index contributed by atoms with van der Waals surface area (Å²) in [6.45, 7) is 6.58. The number of halogens is 2. The Hall–Kier alpha value is -0.560. The maximum absolute atomic E-state index is 12.9. The van der Waals surface area contributed by atoms with Gasteiger partial charge in [-0.25, -0.2) is 4.39 Å². The first-order valence-electron chi connectivity index (χ1n) is 4.94. The first-order valence-corrected chi connectivity index (χ1v) is 5.32. The Bertz CT molecular complexity index is 307. The van der Waals surface area contributed by atoms with Gasteiger partial charge in [-0.1, -0.05) is 38.4 Å². The molecule has 0 heterocycles. The zero-order valence-electron chi connectivity index (χ0n) is 8.85. The molecule has 0 N–H and O–H groups in total. The van der Waals surface area contributed by atoms with Crippen molar-refractivity contribution in [2.24, 2.45) is 11.8 Å². The average Bonchev–Trinajstić information content (AvgIpc) is 2.11. The van der Waals surface area contributed by atoms with Crippen molar-refractivity contribution in [3.63, 3.8) is 0 Å². The molecular formula is C12H16ClF. The van der Waals surface area contributed by atoms with Crippen molar-refractivity contribution >= 4 is 11.6 Å². The van der Waals surface area contributed by atoms with Gasteiger partial charge in [-0.3, -0.25) is 0 Å². The van der Waals surface area contributed by atoms with Crippen molar-refractivity contribution in [1.82, 2.24) is 0 Å². The molecule has 0 aliphatic heterocycles. The Morgan fingerprint density at radius 1 is 1.29 bits per heavy atom. The van der Waals surface area contributed by atoms with Crippen molar-refractivity contribution in [3.05, 3.63) is 34.6 Å². The third-order valence-electron chi connectivity index (χ3n) is 2.68. The van der Waals surface area contributed by atoms with Gasteiger partial charge in [0.1, 0.15) is 5.82 Å². The molecule has 0 spiro atoms. The van der Waals surface area contributed by atoms with Gasteiger partial charge in [0.2, 0.25) is 0 Å². The molecule has 0 amide bonds. The molecule has 0 saturated carbocycles. The van der Waals surface area contributed by atoms with E-state index in [0.29, 0.717) is 11.8 Å². The van der Waals surface area contributed by atoms with E-state index < -0.39 is 0 Å². The van der Waals surface area contributed by atoms with Gasteiger partial charge >= 0.3 is 0 Å².